The third kappa shape index (κ3) is 4.16. The minimum atomic E-state index is 0.451. The summed E-state index contributed by atoms with van der Waals surface area (Å²) >= 11 is 5.89. The minimum Gasteiger partial charge on any atom is -0.378 e. The van der Waals surface area contributed by atoms with E-state index < -0.39 is 0 Å². The van der Waals surface area contributed by atoms with Crippen molar-refractivity contribution in [2.45, 2.75) is 38.6 Å². The number of alkyl halides is 1. The van der Waals surface area contributed by atoms with Crippen LogP contribution in [0.3, 0.4) is 0 Å². The summed E-state index contributed by atoms with van der Waals surface area (Å²) in [6.07, 6.45) is 5.32. The Morgan fingerprint density at radius 3 is 2.93 bits per heavy atom. The van der Waals surface area contributed by atoms with Gasteiger partial charge in [-0.3, -0.25) is 4.90 Å². The molecule has 0 radical (unpaired) electrons. The molecule has 84 valence electrons. The molecule has 0 amide bonds. The molecular weight excluding hydrogens is 198 g/mol. The first-order valence-electron chi connectivity index (χ1n) is 5.76. The van der Waals surface area contributed by atoms with Crippen LogP contribution in [0.4, 0.5) is 0 Å². The lowest BCUT2D eigenvalue weighted by molar-refractivity contribution is 0.000405. The third-order valence-electron chi connectivity index (χ3n) is 2.83. The van der Waals surface area contributed by atoms with Gasteiger partial charge in [0.1, 0.15) is 0 Å². The highest BCUT2D eigenvalue weighted by Crippen LogP contribution is 2.10. The monoisotopic (exact) mass is 219 g/mol. The van der Waals surface area contributed by atoms with E-state index in [1.54, 1.807) is 0 Å². The molecule has 0 aromatic rings. The van der Waals surface area contributed by atoms with Crippen molar-refractivity contribution >= 4 is 11.6 Å². The lowest BCUT2D eigenvalue weighted by Gasteiger charge is -2.34. The van der Waals surface area contributed by atoms with Gasteiger partial charge in [0.25, 0.3) is 0 Å². The molecule has 1 atom stereocenters. The van der Waals surface area contributed by atoms with Crippen LogP contribution < -0.4 is 0 Å². The molecule has 1 unspecified atom stereocenters. The van der Waals surface area contributed by atoms with Crippen LogP contribution in [0.25, 0.3) is 0 Å². The van der Waals surface area contributed by atoms with Gasteiger partial charge in [-0.25, -0.2) is 0 Å². The topological polar surface area (TPSA) is 12.5 Å². The van der Waals surface area contributed by atoms with Gasteiger partial charge in [-0.2, -0.15) is 0 Å². The zero-order valence-corrected chi connectivity index (χ0v) is 9.93. The number of nitrogens with zero attached hydrogens (tertiary/aromatic N) is 1. The molecule has 14 heavy (non-hydrogen) atoms. The Morgan fingerprint density at radius 1 is 1.36 bits per heavy atom. The average molecular weight is 220 g/mol. The van der Waals surface area contributed by atoms with Gasteiger partial charge in [0.2, 0.25) is 0 Å². The molecule has 1 aliphatic heterocycles. The van der Waals surface area contributed by atoms with Crippen molar-refractivity contribution in [3.8, 4) is 0 Å². The van der Waals surface area contributed by atoms with E-state index in [-0.39, 0.29) is 0 Å². The lowest BCUT2D eigenvalue weighted by atomic mass is 10.1. The summed E-state index contributed by atoms with van der Waals surface area (Å²) in [5, 5.41) is 0. The highest BCUT2D eigenvalue weighted by molar-refractivity contribution is 6.18. The molecule has 0 aliphatic carbocycles. The summed E-state index contributed by atoms with van der Waals surface area (Å²) in [5.74, 6) is 0.702. The maximum Gasteiger partial charge on any atom is 0.0634 e. The summed E-state index contributed by atoms with van der Waals surface area (Å²) in [6.45, 7) is 6.19. The molecule has 0 aromatic heterocycles. The summed E-state index contributed by atoms with van der Waals surface area (Å²) in [7, 11) is 0. The normalized spacial score (nSPS) is 24.0. The Morgan fingerprint density at radius 2 is 2.21 bits per heavy atom. The van der Waals surface area contributed by atoms with Gasteiger partial charge >= 0.3 is 0 Å². The molecule has 1 fully saturated rings. The largest absolute Gasteiger partial charge is 0.378 e. The highest BCUT2D eigenvalue weighted by atomic mass is 35.5. The average Bonchev–Trinajstić information content (AvgIpc) is 2.25. The molecule has 0 N–H and O–H groups in total. The molecule has 2 nitrogen and oxygen atoms in total. The SMILES string of the molecule is CCCCCCN1CCOCC1CCl. The summed E-state index contributed by atoms with van der Waals surface area (Å²) < 4.78 is 5.40. The van der Waals surface area contributed by atoms with Crippen LogP contribution >= 0.6 is 11.6 Å². The quantitative estimate of drug-likeness (QED) is 0.503. The van der Waals surface area contributed by atoms with Crippen LogP contribution in [0.15, 0.2) is 0 Å². The van der Waals surface area contributed by atoms with E-state index in [1.165, 1.54) is 32.2 Å². The van der Waals surface area contributed by atoms with Crippen molar-refractivity contribution in [2.75, 3.05) is 32.2 Å². The van der Waals surface area contributed by atoms with Crippen LogP contribution in [-0.4, -0.2) is 43.1 Å². The van der Waals surface area contributed by atoms with Crippen LogP contribution in [0.5, 0.6) is 0 Å². The van der Waals surface area contributed by atoms with Crippen molar-refractivity contribution in [2.24, 2.45) is 0 Å². The van der Waals surface area contributed by atoms with Gasteiger partial charge in [0.15, 0.2) is 0 Å². The summed E-state index contributed by atoms with van der Waals surface area (Å²) in [5.41, 5.74) is 0. The smallest absolute Gasteiger partial charge is 0.0634 e. The maximum absolute atomic E-state index is 5.89. The van der Waals surface area contributed by atoms with E-state index in [4.69, 9.17) is 16.3 Å². The second-order valence-corrected chi connectivity index (χ2v) is 4.29. The molecule has 1 heterocycles. The van der Waals surface area contributed by atoms with E-state index in [9.17, 15) is 0 Å². The van der Waals surface area contributed by atoms with E-state index >= 15 is 0 Å². The molecule has 0 bridgehead atoms. The molecule has 1 rings (SSSR count). The first-order chi connectivity index (χ1) is 6.88. The van der Waals surface area contributed by atoms with E-state index in [2.05, 4.69) is 11.8 Å². The van der Waals surface area contributed by atoms with Crippen molar-refractivity contribution in [1.29, 1.82) is 0 Å². The summed E-state index contributed by atoms with van der Waals surface area (Å²) in [4.78, 5) is 2.48. The molecule has 3 heteroatoms. The number of unbranched alkanes of at least 4 members (excludes halogenated alkanes) is 3. The maximum atomic E-state index is 5.89. The lowest BCUT2D eigenvalue weighted by Crippen LogP contribution is -2.46. The van der Waals surface area contributed by atoms with Gasteiger partial charge < -0.3 is 4.74 Å². The fraction of sp³-hybridized carbons (Fsp3) is 1.00. The second kappa shape index (κ2) is 7.49. The Kier molecular flexibility index (Phi) is 6.57. The Hall–Kier alpha value is 0.210. The fourth-order valence-corrected chi connectivity index (χ4v) is 2.15. The first kappa shape index (κ1) is 12.3. The van der Waals surface area contributed by atoms with Gasteiger partial charge in [0.05, 0.1) is 13.2 Å². The van der Waals surface area contributed by atoms with E-state index in [0.29, 0.717) is 11.9 Å². The molecule has 0 saturated carbocycles. The predicted molar refractivity (Wildman–Crippen MR) is 61.0 cm³/mol. The number of rotatable bonds is 6. The van der Waals surface area contributed by atoms with Crippen LogP contribution in [0.1, 0.15) is 32.6 Å². The van der Waals surface area contributed by atoms with Crippen molar-refractivity contribution in [3.63, 3.8) is 0 Å². The fourth-order valence-electron chi connectivity index (χ4n) is 1.87. The predicted octanol–water partition coefficient (Wildman–Crippen LogP) is 2.51. The minimum absolute atomic E-state index is 0.451. The van der Waals surface area contributed by atoms with E-state index in [1.807, 2.05) is 0 Å². The molecule has 0 spiro atoms. The van der Waals surface area contributed by atoms with Crippen LogP contribution in [-0.2, 0) is 4.74 Å². The zero-order valence-electron chi connectivity index (χ0n) is 9.17. The third-order valence-corrected chi connectivity index (χ3v) is 3.18. The van der Waals surface area contributed by atoms with Crippen molar-refractivity contribution < 1.29 is 4.74 Å². The Bertz CT molecular complexity index is 143. The number of halogens is 1. The number of hydrogen-bond acceptors (Lipinski definition) is 2. The molecule has 0 aromatic carbocycles. The van der Waals surface area contributed by atoms with Gasteiger partial charge in [-0.15, -0.1) is 11.6 Å². The molecular formula is C11H22ClNO. The number of ether oxygens (including phenoxy) is 1. The van der Waals surface area contributed by atoms with Crippen LogP contribution in [0, 0.1) is 0 Å². The Labute approximate surface area is 92.6 Å². The standard InChI is InChI=1S/C11H22ClNO/c1-2-3-4-5-6-13-7-8-14-10-11(13)9-12/h11H,2-10H2,1H3. The highest BCUT2D eigenvalue weighted by Gasteiger charge is 2.20. The van der Waals surface area contributed by atoms with Gasteiger partial charge in [-0.05, 0) is 13.0 Å². The first-order valence-corrected chi connectivity index (χ1v) is 6.29. The second-order valence-electron chi connectivity index (χ2n) is 3.98. The summed E-state index contributed by atoms with van der Waals surface area (Å²) in [6, 6.07) is 0.451. The van der Waals surface area contributed by atoms with Crippen molar-refractivity contribution in [1.82, 2.24) is 4.90 Å². The van der Waals surface area contributed by atoms with E-state index in [0.717, 1.165) is 19.8 Å². The number of hydrogen-bond donors (Lipinski definition) is 0. The molecule has 1 saturated heterocycles. The van der Waals surface area contributed by atoms with Crippen molar-refractivity contribution in [3.05, 3.63) is 0 Å². The Balaban J connectivity index is 2.13. The van der Waals surface area contributed by atoms with Gasteiger partial charge in [-0.1, -0.05) is 26.2 Å². The zero-order chi connectivity index (χ0) is 10.2. The van der Waals surface area contributed by atoms with Gasteiger partial charge in [0, 0.05) is 18.5 Å². The molecule has 1 aliphatic rings. The van der Waals surface area contributed by atoms with Crippen LogP contribution in [0.2, 0.25) is 0 Å². The number of morpholine rings is 1.